The van der Waals surface area contributed by atoms with Crippen LogP contribution in [0.15, 0.2) is 48.5 Å². The van der Waals surface area contributed by atoms with Crippen molar-refractivity contribution < 1.29 is 33.5 Å². The number of nitrogens with two attached hydrogens (primary N) is 2. The normalized spacial score (nSPS) is 14.9. The third-order valence-corrected chi connectivity index (χ3v) is 9.85. The predicted molar refractivity (Wildman–Crippen MR) is 210 cm³/mol. The van der Waals surface area contributed by atoms with Gasteiger partial charge < -0.3 is 42.8 Å². The summed E-state index contributed by atoms with van der Waals surface area (Å²) in [5.74, 6) is -4.60. The maximum absolute atomic E-state index is 13.8. The van der Waals surface area contributed by atoms with Crippen molar-refractivity contribution in [2.45, 2.75) is 96.9 Å². The van der Waals surface area contributed by atoms with Crippen molar-refractivity contribution in [2.75, 3.05) is 18.9 Å². The van der Waals surface area contributed by atoms with Gasteiger partial charge in [-0.25, -0.2) is 4.79 Å². The van der Waals surface area contributed by atoms with E-state index in [4.69, 9.17) is 16.2 Å². The van der Waals surface area contributed by atoms with Gasteiger partial charge in [0.25, 0.3) is 0 Å². The zero-order valence-corrected chi connectivity index (χ0v) is 32.9. The predicted octanol–water partition coefficient (Wildman–Crippen LogP) is 2.35. The minimum atomic E-state index is -1.09. The third-order valence-electron chi connectivity index (χ3n) is 9.48. The highest BCUT2D eigenvalue weighted by molar-refractivity contribution is 7.80. The first-order valence-electron chi connectivity index (χ1n) is 18.5. The summed E-state index contributed by atoms with van der Waals surface area (Å²) in [5, 5.41) is 13.4. The zero-order valence-electron chi connectivity index (χ0n) is 32.0. The molecule has 0 heterocycles. The number of fused-ring (bicyclic) bond motifs is 3. The number of carbonyl (C=O) groups excluding carboxylic acids is 6. The molecule has 0 spiro atoms. The average molecular weight is 768 g/mol. The summed E-state index contributed by atoms with van der Waals surface area (Å²) in [5.41, 5.74) is 15.3. The molecule has 0 saturated heterocycles. The SMILES string of the molecule is CC(C)[C@H](NC(=O)OCC1c2ccccc2-c2ccccc21)C(=O)N[C@@H](CCCCN)C(=O)N[C@H](C(=O)N[C@H](C(=O)N[C@@H](CS)C(N)=O)C(C)C)C(C)C. The number of unbranched alkanes of at least 4 members (excludes halogenated alkanes) is 1. The van der Waals surface area contributed by atoms with Gasteiger partial charge in [-0.2, -0.15) is 12.6 Å². The minimum absolute atomic E-state index is 0.0271. The number of hydrogen-bond acceptors (Lipinski definition) is 9. The highest BCUT2D eigenvalue weighted by atomic mass is 32.1. The molecule has 0 unspecified atom stereocenters. The smallest absolute Gasteiger partial charge is 0.407 e. The van der Waals surface area contributed by atoms with E-state index in [1.807, 2.05) is 48.5 Å². The Hall–Kier alpha value is -4.63. The molecule has 5 atom stereocenters. The Balaban J connectivity index is 1.70. The van der Waals surface area contributed by atoms with Crippen LogP contribution in [0.25, 0.3) is 11.1 Å². The Morgan fingerprint density at radius 1 is 0.648 bits per heavy atom. The van der Waals surface area contributed by atoms with Crippen molar-refractivity contribution >= 4 is 48.3 Å². The second-order valence-corrected chi connectivity index (χ2v) is 15.0. The highest BCUT2D eigenvalue weighted by Crippen LogP contribution is 2.44. The second kappa shape index (κ2) is 20.7. The van der Waals surface area contributed by atoms with Crippen LogP contribution in [0.3, 0.4) is 0 Å². The van der Waals surface area contributed by atoms with Gasteiger partial charge in [0.2, 0.25) is 29.5 Å². The number of nitrogens with one attached hydrogen (secondary N) is 5. The summed E-state index contributed by atoms with van der Waals surface area (Å²) in [4.78, 5) is 78.9. The summed E-state index contributed by atoms with van der Waals surface area (Å²) in [6.07, 6.45) is 0.531. The monoisotopic (exact) mass is 767 g/mol. The molecule has 0 saturated carbocycles. The number of thiol groups is 1. The molecule has 0 bridgehead atoms. The number of benzene rings is 2. The molecule has 2 aromatic carbocycles. The van der Waals surface area contributed by atoms with Crippen molar-refractivity contribution in [3.63, 3.8) is 0 Å². The topological polar surface area (TPSA) is 224 Å². The summed E-state index contributed by atoms with van der Waals surface area (Å²) in [7, 11) is 0. The van der Waals surface area contributed by atoms with Crippen molar-refractivity contribution in [3.8, 4) is 11.1 Å². The molecule has 2 aromatic rings. The first-order valence-corrected chi connectivity index (χ1v) is 19.2. The van der Waals surface area contributed by atoms with E-state index < -0.39 is 71.8 Å². The average Bonchev–Trinajstić information content (AvgIpc) is 3.45. The summed E-state index contributed by atoms with van der Waals surface area (Å²) in [6.45, 7) is 10.9. The molecule has 296 valence electrons. The number of hydrogen-bond donors (Lipinski definition) is 8. The van der Waals surface area contributed by atoms with E-state index in [0.29, 0.717) is 19.4 Å². The van der Waals surface area contributed by atoms with Crippen molar-refractivity contribution in [3.05, 3.63) is 59.7 Å². The number of amides is 6. The maximum atomic E-state index is 13.8. The molecule has 9 N–H and O–H groups in total. The van der Waals surface area contributed by atoms with Gasteiger partial charge in [0.05, 0.1) is 0 Å². The summed E-state index contributed by atoms with van der Waals surface area (Å²) in [6, 6.07) is 10.7. The largest absolute Gasteiger partial charge is 0.449 e. The zero-order chi connectivity index (χ0) is 40.1. The number of ether oxygens (including phenoxy) is 1. The fourth-order valence-corrected chi connectivity index (χ4v) is 6.63. The molecule has 0 aromatic heterocycles. The van der Waals surface area contributed by atoms with Gasteiger partial charge in [0, 0.05) is 11.7 Å². The lowest BCUT2D eigenvalue weighted by molar-refractivity contribution is -0.136. The number of rotatable bonds is 20. The van der Waals surface area contributed by atoms with E-state index in [1.165, 1.54) is 0 Å². The van der Waals surface area contributed by atoms with Crippen LogP contribution in [0, 0.1) is 17.8 Å². The van der Waals surface area contributed by atoms with Crippen LogP contribution in [0.4, 0.5) is 4.79 Å². The van der Waals surface area contributed by atoms with Gasteiger partial charge in [-0.1, -0.05) is 90.1 Å². The minimum Gasteiger partial charge on any atom is -0.449 e. The maximum Gasteiger partial charge on any atom is 0.407 e. The van der Waals surface area contributed by atoms with Gasteiger partial charge in [0.1, 0.15) is 36.8 Å². The Kier molecular flexibility index (Phi) is 16.8. The summed E-state index contributed by atoms with van der Waals surface area (Å²) < 4.78 is 5.69. The van der Waals surface area contributed by atoms with Gasteiger partial charge in [-0.05, 0) is 65.8 Å². The molecule has 3 rings (SSSR count). The van der Waals surface area contributed by atoms with E-state index in [-0.39, 0.29) is 36.5 Å². The number of primary amides is 1. The van der Waals surface area contributed by atoms with Crippen molar-refractivity contribution in [2.24, 2.45) is 29.2 Å². The molecular weight excluding hydrogens is 711 g/mol. The van der Waals surface area contributed by atoms with E-state index in [1.54, 1.807) is 41.5 Å². The van der Waals surface area contributed by atoms with E-state index in [0.717, 1.165) is 22.3 Å². The Labute approximate surface area is 323 Å². The molecule has 6 amide bonds. The second-order valence-electron chi connectivity index (χ2n) is 14.6. The molecule has 54 heavy (non-hydrogen) atoms. The summed E-state index contributed by atoms with van der Waals surface area (Å²) >= 11 is 4.06. The van der Waals surface area contributed by atoms with Gasteiger partial charge >= 0.3 is 6.09 Å². The first-order chi connectivity index (χ1) is 25.6. The Morgan fingerprint density at radius 2 is 1.09 bits per heavy atom. The molecule has 14 nitrogen and oxygen atoms in total. The van der Waals surface area contributed by atoms with Crippen molar-refractivity contribution in [1.29, 1.82) is 0 Å². The standard InChI is InChI=1S/C39H57N7O7S/c1-21(2)31(36(49)43-30(20-54)34(41)47)45-38(51)32(22(3)4)44-35(48)29(17-11-12-18-40)42-37(50)33(23(5)6)46-39(52)53-19-28-26-15-9-7-13-24(26)25-14-8-10-16-27(25)28/h7-10,13-16,21-23,28-33,54H,11-12,17-20,40H2,1-6H3,(H2,41,47)(H,42,50)(H,43,49)(H,44,48)(H,45,51)(H,46,52)/t29-,30-,31-,32-,33-/m0/s1. The van der Waals surface area contributed by atoms with Crippen LogP contribution in [-0.2, 0) is 28.7 Å². The van der Waals surface area contributed by atoms with Crippen LogP contribution in [0.5, 0.6) is 0 Å². The lowest BCUT2D eigenvalue weighted by Gasteiger charge is -2.30. The molecule has 15 heteroatoms. The van der Waals surface area contributed by atoms with Gasteiger partial charge in [-0.15, -0.1) is 0 Å². The molecule has 0 fully saturated rings. The van der Waals surface area contributed by atoms with E-state index >= 15 is 0 Å². The lowest BCUT2D eigenvalue weighted by Crippen LogP contribution is -2.61. The van der Waals surface area contributed by atoms with Crippen LogP contribution < -0.4 is 38.1 Å². The molecule has 1 aliphatic rings. The molecular formula is C39H57N7O7S. The third kappa shape index (κ3) is 11.7. The van der Waals surface area contributed by atoms with Crippen LogP contribution in [-0.4, -0.2) is 84.7 Å². The fourth-order valence-electron chi connectivity index (χ4n) is 6.36. The lowest BCUT2D eigenvalue weighted by atomic mass is 9.98. The first kappa shape index (κ1) is 43.8. The number of alkyl carbamates (subject to hydrolysis) is 1. The molecule has 0 aliphatic heterocycles. The van der Waals surface area contributed by atoms with Crippen molar-refractivity contribution in [1.82, 2.24) is 26.6 Å². The van der Waals surface area contributed by atoms with Crippen LogP contribution in [0.2, 0.25) is 0 Å². The van der Waals surface area contributed by atoms with E-state index in [9.17, 15) is 28.8 Å². The van der Waals surface area contributed by atoms with Crippen LogP contribution >= 0.6 is 12.6 Å². The van der Waals surface area contributed by atoms with Gasteiger partial charge in [0.15, 0.2) is 0 Å². The van der Waals surface area contributed by atoms with Crippen LogP contribution in [0.1, 0.15) is 77.8 Å². The quantitative estimate of drug-likeness (QED) is 0.0736. The molecule has 0 radical (unpaired) electrons. The fraction of sp³-hybridized carbons (Fsp3) is 0.538. The Morgan fingerprint density at radius 3 is 1.56 bits per heavy atom. The highest BCUT2D eigenvalue weighted by Gasteiger charge is 2.35. The number of carbonyl (C=O) groups is 6. The Bertz CT molecular complexity index is 1590. The molecule has 1 aliphatic carbocycles. The van der Waals surface area contributed by atoms with E-state index in [2.05, 4.69) is 39.2 Å². The van der Waals surface area contributed by atoms with Gasteiger partial charge in [-0.3, -0.25) is 24.0 Å².